The van der Waals surface area contributed by atoms with Gasteiger partial charge >= 0.3 is 264 Å². The van der Waals surface area contributed by atoms with Gasteiger partial charge in [-0.2, -0.15) is 0 Å². The Hall–Kier alpha value is -0.770. The molecule has 3 N–H and O–H groups in total. The van der Waals surface area contributed by atoms with Crippen molar-refractivity contribution in [1.29, 1.82) is 0 Å². The number of hydrogen-bond acceptors (Lipinski definition) is 7. The van der Waals surface area contributed by atoms with Gasteiger partial charge < -0.3 is 0 Å². The number of hydrogen-bond donors (Lipinski definition) is 3. The van der Waals surface area contributed by atoms with Crippen LogP contribution in [0.15, 0.2) is 72.9 Å². The van der Waals surface area contributed by atoms with E-state index >= 15 is 0 Å². The molecule has 0 radical (unpaired) electrons. The van der Waals surface area contributed by atoms with E-state index in [2.05, 4.69) is 52.8 Å². The second-order valence-corrected chi connectivity index (χ2v) is 21.8. The van der Waals surface area contributed by atoms with Gasteiger partial charge in [0.1, 0.15) is 0 Å². The molecule has 0 aliphatic carbocycles. The third kappa shape index (κ3) is 7.23. The number of benzene rings is 2. The van der Waals surface area contributed by atoms with Gasteiger partial charge in [0.05, 0.1) is 0 Å². The Morgan fingerprint density at radius 3 is 2.77 bits per heavy atom. The van der Waals surface area contributed by atoms with Crippen molar-refractivity contribution < 1.29 is 35.8 Å². The van der Waals surface area contributed by atoms with Crippen LogP contribution in [0.3, 0.4) is 0 Å². The van der Waals surface area contributed by atoms with Gasteiger partial charge in [0.2, 0.25) is 0 Å². The van der Waals surface area contributed by atoms with Crippen LogP contribution in [-0.2, 0) is 9.47 Å². The maximum atomic E-state index is 12.7. The third-order valence-corrected chi connectivity index (χ3v) is 19.1. The van der Waals surface area contributed by atoms with E-state index in [1.54, 1.807) is 23.5 Å². The number of aliphatic hydroxyl groups is 1. The Kier molecular flexibility index (Phi) is 10.4. The Balaban J connectivity index is 1.19. The molecule has 3 aromatic rings. The summed E-state index contributed by atoms with van der Waals surface area (Å²) in [6.45, 7) is 3.58. The summed E-state index contributed by atoms with van der Waals surface area (Å²) >= 11 is 2.31. The molecule has 2 unspecified atom stereocenters. The number of rotatable bonds is 7. The summed E-state index contributed by atoms with van der Waals surface area (Å²) in [5.41, 5.74) is 3.08. The van der Waals surface area contributed by atoms with Crippen LogP contribution < -0.4 is 32.1 Å². The fraction of sp³-hybridized carbons (Fsp3) is 0.433. The Morgan fingerprint density at radius 2 is 1.90 bits per heavy atom. The SMILES string of the molecule is O=c1cc(I2CCOCC2)cc(-c2cccc3c2Sc2ccc(NC(CO)CC4CCCOCC[I-]4)cc2S3)[nH]1. The molecule has 216 valence electrons. The quantitative estimate of drug-likeness (QED) is 0.196. The molecule has 6 rings (SSSR count). The summed E-state index contributed by atoms with van der Waals surface area (Å²) in [7, 11) is 0. The van der Waals surface area contributed by atoms with Crippen molar-refractivity contribution in [2.75, 3.05) is 51.6 Å². The molecule has 2 atom stereocenters. The van der Waals surface area contributed by atoms with Gasteiger partial charge in [0.25, 0.3) is 0 Å². The van der Waals surface area contributed by atoms with E-state index in [0.717, 1.165) is 69.0 Å². The number of alkyl halides is 4. The van der Waals surface area contributed by atoms with E-state index < -0.39 is 19.8 Å². The molecule has 2 saturated heterocycles. The van der Waals surface area contributed by atoms with Crippen LogP contribution in [-0.4, -0.2) is 66.4 Å². The van der Waals surface area contributed by atoms with Crippen molar-refractivity contribution in [3.05, 3.63) is 62.5 Å². The molecule has 2 aromatic carbocycles. The van der Waals surface area contributed by atoms with E-state index in [0.29, 0.717) is 0 Å². The molecule has 2 fully saturated rings. The number of ether oxygens (including phenoxy) is 2. The molecule has 0 saturated carbocycles. The Bertz CT molecular complexity index is 1370. The zero-order valence-electron chi connectivity index (χ0n) is 22.3. The van der Waals surface area contributed by atoms with Crippen LogP contribution in [0.1, 0.15) is 19.3 Å². The second kappa shape index (κ2) is 14.1. The van der Waals surface area contributed by atoms with E-state index in [1.165, 1.54) is 34.0 Å². The van der Waals surface area contributed by atoms with Gasteiger partial charge in [-0.15, -0.1) is 0 Å². The summed E-state index contributed by atoms with van der Waals surface area (Å²) in [5.74, 6) is 0. The maximum absolute atomic E-state index is 12.7. The van der Waals surface area contributed by atoms with Crippen molar-refractivity contribution in [2.45, 2.75) is 48.8 Å². The van der Waals surface area contributed by atoms with E-state index in [9.17, 15) is 9.90 Å². The van der Waals surface area contributed by atoms with E-state index in [-0.39, 0.29) is 39.4 Å². The number of halogens is 2. The zero-order valence-corrected chi connectivity index (χ0v) is 28.2. The Labute approximate surface area is 261 Å². The van der Waals surface area contributed by atoms with Gasteiger partial charge in [0, 0.05) is 0 Å². The fourth-order valence-electron chi connectivity index (χ4n) is 5.17. The number of aromatic nitrogens is 1. The van der Waals surface area contributed by atoms with Crippen molar-refractivity contribution in [2.24, 2.45) is 0 Å². The van der Waals surface area contributed by atoms with Crippen LogP contribution in [0.25, 0.3) is 11.3 Å². The number of fused-ring (bicyclic) bond motifs is 2. The third-order valence-electron chi connectivity index (χ3n) is 7.15. The summed E-state index contributed by atoms with van der Waals surface area (Å²) in [6.07, 6.45) is 3.38. The van der Waals surface area contributed by atoms with Crippen molar-refractivity contribution in [3.63, 3.8) is 0 Å². The molecule has 4 heterocycles. The molecular weight excluding hydrogens is 770 g/mol. The Morgan fingerprint density at radius 1 is 1.02 bits per heavy atom. The molecule has 10 heteroatoms. The number of aliphatic hydroxyl groups excluding tert-OH is 1. The predicted octanol–water partition coefficient (Wildman–Crippen LogP) is 2.79. The molecule has 3 aliphatic heterocycles. The normalized spacial score (nSPS) is 21.2. The molecule has 1 aromatic heterocycles. The topological polar surface area (TPSA) is 83.6 Å². The van der Waals surface area contributed by atoms with Gasteiger partial charge in [-0.05, 0) is 0 Å². The number of aromatic amines is 1. The summed E-state index contributed by atoms with van der Waals surface area (Å²) in [6, 6.07) is 17.1. The minimum absolute atomic E-state index is 0.00763. The first-order chi connectivity index (χ1) is 19.7. The van der Waals surface area contributed by atoms with E-state index in [4.69, 9.17) is 9.47 Å². The summed E-state index contributed by atoms with van der Waals surface area (Å²) in [4.78, 5) is 20.7. The number of pyridine rings is 1. The van der Waals surface area contributed by atoms with Crippen LogP contribution in [0, 0.1) is 3.57 Å². The first kappa shape index (κ1) is 29.3. The van der Waals surface area contributed by atoms with Gasteiger partial charge in [-0.3, -0.25) is 0 Å². The number of H-pyrrole nitrogens is 1. The summed E-state index contributed by atoms with van der Waals surface area (Å²) < 4.78 is 16.7. The van der Waals surface area contributed by atoms with Crippen LogP contribution in [0.5, 0.6) is 0 Å². The van der Waals surface area contributed by atoms with Crippen LogP contribution >= 0.6 is 43.3 Å². The average molecular weight is 806 g/mol. The standard InChI is InChI=1S/C30H35I2N2O4S2/c35-19-23(15-20-3-2-11-37-12-8-31-20)33-22-6-7-26-28(18-22)39-27-5-1-4-24(30(27)40-26)25-16-21(17-29(36)34-25)32-9-13-38-14-10-32/h1,4-7,16-18,20,23,33,35H,2-3,8-15,19H2,(H,34,36)/q-1. The molecule has 3 aliphatic rings. The van der Waals surface area contributed by atoms with Crippen molar-refractivity contribution in [1.82, 2.24) is 4.98 Å². The number of nitrogens with one attached hydrogen (secondary N) is 2. The van der Waals surface area contributed by atoms with Crippen molar-refractivity contribution in [3.8, 4) is 11.3 Å². The van der Waals surface area contributed by atoms with Gasteiger partial charge in [0.15, 0.2) is 0 Å². The fourth-order valence-corrected chi connectivity index (χ4v) is 15.8. The van der Waals surface area contributed by atoms with Gasteiger partial charge in [-0.1, -0.05) is 0 Å². The monoisotopic (exact) mass is 805 g/mol. The van der Waals surface area contributed by atoms with E-state index in [1.807, 2.05) is 6.07 Å². The molecule has 0 spiro atoms. The molecule has 0 bridgehead atoms. The average Bonchev–Trinajstić information content (AvgIpc) is 2.96. The number of anilines is 1. The predicted molar refractivity (Wildman–Crippen MR) is 168 cm³/mol. The minimum atomic E-state index is -1.37. The van der Waals surface area contributed by atoms with Crippen molar-refractivity contribution >= 4 is 49.0 Å². The first-order valence-electron chi connectivity index (χ1n) is 13.8. The molecule has 40 heavy (non-hydrogen) atoms. The van der Waals surface area contributed by atoms with Crippen LogP contribution in [0.4, 0.5) is 5.69 Å². The zero-order chi connectivity index (χ0) is 27.3. The molecule has 6 nitrogen and oxygen atoms in total. The first-order valence-corrected chi connectivity index (χ1v) is 22.3. The van der Waals surface area contributed by atoms with Crippen LogP contribution in [0.2, 0.25) is 0 Å². The molecule has 0 amide bonds. The molecular formula is C30H35I2N2O4S2-. The van der Waals surface area contributed by atoms with Gasteiger partial charge in [-0.25, -0.2) is 0 Å². The summed E-state index contributed by atoms with van der Waals surface area (Å²) in [5, 5.41) is 13.8. The second-order valence-electron chi connectivity index (χ2n) is 9.98.